The summed E-state index contributed by atoms with van der Waals surface area (Å²) in [5.41, 5.74) is -0.486. The van der Waals surface area contributed by atoms with E-state index in [0.29, 0.717) is 35.8 Å². The second-order valence-corrected chi connectivity index (χ2v) is 8.39. The third-order valence-electron chi connectivity index (χ3n) is 5.84. The molecule has 0 atom stereocenters. The molecule has 2 amide bonds. The van der Waals surface area contributed by atoms with Gasteiger partial charge in [-0.25, -0.2) is 28.3 Å². The van der Waals surface area contributed by atoms with Crippen LogP contribution in [-0.2, 0) is 6.54 Å². The van der Waals surface area contributed by atoms with Crippen LogP contribution >= 0.6 is 0 Å². The number of nitrogens with one attached hydrogen (secondary N) is 2. The molecule has 1 aliphatic rings. The molecule has 0 saturated carbocycles. The average Bonchev–Trinajstić information content (AvgIpc) is 3.25. The van der Waals surface area contributed by atoms with E-state index in [-0.39, 0.29) is 18.3 Å². The van der Waals surface area contributed by atoms with Gasteiger partial charge in [0.1, 0.15) is 11.5 Å². The first kappa shape index (κ1) is 22.9. The normalized spacial score (nSPS) is 13.0. The monoisotopic (exact) mass is 485 g/mol. The molecular formula is C26H23N5O5. The van der Waals surface area contributed by atoms with Crippen LogP contribution in [0.2, 0.25) is 0 Å². The van der Waals surface area contributed by atoms with Crippen molar-refractivity contribution in [3.05, 3.63) is 115 Å². The lowest BCUT2D eigenvalue weighted by Gasteiger charge is -2.19. The molecule has 1 saturated heterocycles. The first-order chi connectivity index (χ1) is 17.4. The Balaban J connectivity index is 1.64. The Morgan fingerprint density at radius 2 is 1.56 bits per heavy atom. The Morgan fingerprint density at radius 1 is 0.833 bits per heavy atom. The summed E-state index contributed by atoms with van der Waals surface area (Å²) in [6, 6.07) is 20.6. The number of aromatic amines is 1. The number of carbonyl (C=O) groups is 1. The van der Waals surface area contributed by atoms with Crippen LogP contribution in [0.25, 0.3) is 11.4 Å². The highest BCUT2D eigenvalue weighted by Gasteiger charge is 2.22. The lowest BCUT2D eigenvalue weighted by Crippen LogP contribution is -2.48. The number of aromatic nitrogens is 3. The molecule has 10 nitrogen and oxygen atoms in total. The Hall–Kier alpha value is -4.86. The number of amides is 2. The zero-order valence-electron chi connectivity index (χ0n) is 19.4. The van der Waals surface area contributed by atoms with E-state index < -0.39 is 17.1 Å². The topological polar surface area (TPSA) is 118 Å². The van der Waals surface area contributed by atoms with Gasteiger partial charge in [-0.3, -0.25) is 4.98 Å². The molecule has 10 heteroatoms. The summed E-state index contributed by atoms with van der Waals surface area (Å²) < 4.78 is 7.85. The summed E-state index contributed by atoms with van der Waals surface area (Å²) in [5.74, 6) is 1.07. The van der Waals surface area contributed by atoms with E-state index in [0.717, 1.165) is 14.7 Å². The number of aryl methyl sites for hydroxylation is 1. The third-order valence-corrected chi connectivity index (χ3v) is 5.84. The van der Waals surface area contributed by atoms with Gasteiger partial charge in [0.2, 0.25) is 0 Å². The molecule has 1 fully saturated rings. The number of carbonyl (C=O) groups excluding carboxylic acids is 1. The van der Waals surface area contributed by atoms with Gasteiger partial charge in [-0.1, -0.05) is 30.3 Å². The van der Waals surface area contributed by atoms with E-state index in [9.17, 15) is 19.2 Å². The molecule has 1 aliphatic heterocycles. The van der Waals surface area contributed by atoms with Crippen molar-refractivity contribution in [3.8, 4) is 22.9 Å². The second kappa shape index (κ2) is 9.41. The van der Waals surface area contributed by atoms with E-state index in [2.05, 4.69) is 10.3 Å². The molecule has 0 radical (unpaired) electrons. The summed E-state index contributed by atoms with van der Waals surface area (Å²) in [7, 11) is 0. The molecule has 5 rings (SSSR count). The minimum Gasteiger partial charge on any atom is -0.457 e. The van der Waals surface area contributed by atoms with Crippen LogP contribution in [0.5, 0.6) is 11.5 Å². The van der Waals surface area contributed by atoms with Crippen molar-refractivity contribution in [3.63, 3.8) is 0 Å². The van der Waals surface area contributed by atoms with Gasteiger partial charge < -0.3 is 15.0 Å². The third kappa shape index (κ3) is 4.43. The highest BCUT2D eigenvalue weighted by Crippen LogP contribution is 2.28. The van der Waals surface area contributed by atoms with Crippen molar-refractivity contribution in [1.29, 1.82) is 0 Å². The zero-order valence-corrected chi connectivity index (χ0v) is 19.4. The fourth-order valence-corrected chi connectivity index (χ4v) is 4.11. The fourth-order valence-electron chi connectivity index (χ4n) is 4.11. The van der Waals surface area contributed by atoms with Gasteiger partial charge in [-0.15, -0.1) is 0 Å². The highest BCUT2D eigenvalue weighted by molar-refractivity contribution is 5.76. The van der Waals surface area contributed by atoms with Crippen molar-refractivity contribution < 1.29 is 9.53 Å². The SMILES string of the molecule is Cc1cccc(-n2c(=O)[nH]c(=O)n(-c3ccc(Oc4ccccc4)c(CN4CCNC4=O)c3)c2=O)c1. The standard InChI is InChI=1S/C26H23N5O5/c1-17-6-5-7-19(14-17)30-24(33)28-25(34)31(26(30)35)20-10-11-22(36-21-8-3-2-4-9-21)18(15-20)16-29-13-12-27-23(29)32/h2-11,14-15H,12-13,16H2,1H3,(H,27,32)(H,28,33,34). The smallest absolute Gasteiger partial charge is 0.345 e. The Labute approximate surface area is 205 Å². The van der Waals surface area contributed by atoms with E-state index >= 15 is 0 Å². The minimum atomic E-state index is -0.865. The Kier molecular flexibility index (Phi) is 5.99. The van der Waals surface area contributed by atoms with Gasteiger partial charge in [0.25, 0.3) is 0 Å². The number of H-pyrrole nitrogens is 1. The first-order valence-electron chi connectivity index (χ1n) is 11.3. The summed E-state index contributed by atoms with van der Waals surface area (Å²) in [6.45, 7) is 3.07. The molecule has 3 aromatic carbocycles. The molecule has 182 valence electrons. The quantitative estimate of drug-likeness (QED) is 0.435. The predicted octanol–water partition coefficient (Wildman–Crippen LogP) is 2.30. The largest absolute Gasteiger partial charge is 0.457 e. The van der Waals surface area contributed by atoms with Crippen LogP contribution in [0.1, 0.15) is 11.1 Å². The first-order valence-corrected chi connectivity index (χ1v) is 11.3. The van der Waals surface area contributed by atoms with Gasteiger partial charge in [0, 0.05) is 18.7 Å². The number of nitrogens with zero attached hydrogens (tertiary/aromatic N) is 3. The van der Waals surface area contributed by atoms with Gasteiger partial charge in [0.05, 0.1) is 17.9 Å². The van der Waals surface area contributed by atoms with Crippen molar-refractivity contribution in [2.75, 3.05) is 13.1 Å². The van der Waals surface area contributed by atoms with Gasteiger partial charge in [0.15, 0.2) is 0 Å². The number of ether oxygens (including phenoxy) is 1. The maximum Gasteiger partial charge on any atom is 0.345 e. The summed E-state index contributed by atoms with van der Waals surface area (Å²) in [6.07, 6.45) is 0. The molecule has 2 N–H and O–H groups in total. The van der Waals surface area contributed by atoms with Crippen LogP contribution in [-0.4, -0.2) is 38.1 Å². The van der Waals surface area contributed by atoms with Crippen LogP contribution in [0.3, 0.4) is 0 Å². The highest BCUT2D eigenvalue weighted by atomic mass is 16.5. The fraction of sp³-hybridized carbons (Fsp3) is 0.154. The molecule has 0 bridgehead atoms. The number of benzene rings is 3. The number of rotatable bonds is 6. The van der Waals surface area contributed by atoms with E-state index in [4.69, 9.17) is 4.74 Å². The van der Waals surface area contributed by atoms with E-state index in [1.165, 1.54) is 0 Å². The van der Waals surface area contributed by atoms with Crippen LogP contribution in [0.15, 0.2) is 87.2 Å². The molecule has 4 aromatic rings. The number of hydrogen-bond acceptors (Lipinski definition) is 5. The van der Waals surface area contributed by atoms with E-state index in [1.807, 2.05) is 31.2 Å². The van der Waals surface area contributed by atoms with Crippen LogP contribution in [0, 0.1) is 6.92 Å². The maximum absolute atomic E-state index is 13.4. The van der Waals surface area contributed by atoms with Gasteiger partial charge in [-0.2, -0.15) is 0 Å². The van der Waals surface area contributed by atoms with Crippen molar-refractivity contribution >= 4 is 6.03 Å². The average molecular weight is 486 g/mol. The molecule has 0 unspecified atom stereocenters. The zero-order chi connectivity index (χ0) is 25.2. The molecule has 2 heterocycles. The summed E-state index contributed by atoms with van der Waals surface area (Å²) >= 11 is 0. The van der Waals surface area contributed by atoms with Gasteiger partial charge >= 0.3 is 23.1 Å². The van der Waals surface area contributed by atoms with Crippen LogP contribution < -0.4 is 27.1 Å². The summed E-state index contributed by atoms with van der Waals surface area (Å²) in [4.78, 5) is 54.8. The van der Waals surface area contributed by atoms with Crippen LogP contribution in [0.4, 0.5) is 4.79 Å². The molecule has 0 spiro atoms. The van der Waals surface area contributed by atoms with Crippen molar-refractivity contribution in [1.82, 2.24) is 24.3 Å². The summed E-state index contributed by atoms with van der Waals surface area (Å²) in [5, 5.41) is 2.76. The van der Waals surface area contributed by atoms with Crippen molar-refractivity contribution in [2.24, 2.45) is 0 Å². The molecule has 0 aliphatic carbocycles. The lowest BCUT2D eigenvalue weighted by molar-refractivity contribution is 0.215. The second-order valence-electron chi connectivity index (χ2n) is 8.39. The number of hydrogen-bond donors (Lipinski definition) is 2. The number of urea groups is 1. The molecular weight excluding hydrogens is 462 g/mol. The minimum absolute atomic E-state index is 0.200. The van der Waals surface area contributed by atoms with E-state index in [1.54, 1.807) is 53.4 Å². The van der Waals surface area contributed by atoms with Gasteiger partial charge in [-0.05, 0) is 55.0 Å². The number of para-hydroxylation sites is 1. The Bertz CT molecular complexity index is 1620. The maximum atomic E-state index is 13.4. The predicted molar refractivity (Wildman–Crippen MR) is 133 cm³/mol. The molecule has 36 heavy (non-hydrogen) atoms. The molecule has 1 aromatic heterocycles. The Morgan fingerprint density at radius 3 is 2.22 bits per heavy atom. The van der Waals surface area contributed by atoms with Crippen molar-refractivity contribution in [2.45, 2.75) is 13.5 Å². The lowest BCUT2D eigenvalue weighted by atomic mass is 10.1.